The second kappa shape index (κ2) is 8.52. The molecule has 2 aromatic heterocycles. The second-order valence-corrected chi connectivity index (χ2v) is 6.34. The van der Waals surface area contributed by atoms with Crippen molar-refractivity contribution in [3.63, 3.8) is 0 Å². The highest BCUT2D eigenvalue weighted by Crippen LogP contribution is 2.27. The smallest absolute Gasteiger partial charge is 0.292 e. The molecule has 0 saturated carbocycles. The molecule has 1 aromatic carbocycles. The minimum absolute atomic E-state index is 0.0606. The lowest BCUT2D eigenvalue weighted by atomic mass is 10.2. The molecule has 2 heterocycles. The Kier molecular flexibility index (Phi) is 5.90. The number of amides is 1. The number of furan rings is 2. The molecule has 0 fully saturated rings. The van der Waals surface area contributed by atoms with E-state index in [2.05, 4.69) is 5.32 Å². The predicted octanol–water partition coefficient (Wildman–Crippen LogP) is 2.66. The second-order valence-electron chi connectivity index (χ2n) is 5.91. The van der Waals surface area contributed by atoms with Gasteiger partial charge in [-0.2, -0.15) is 0 Å². The first kappa shape index (κ1) is 18.7. The van der Waals surface area contributed by atoms with Crippen LogP contribution in [-0.2, 0) is 17.9 Å². The molecule has 0 bridgehead atoms. The summed E-state index contributed by atoms with van der Waals surface area (Å²) < 4.78 is 10.7. The molecule has 3 aromatic rings. The molecule has 8 nitrogen and oxygen atoms in total. The van der Waals surface area contributed by atoms with Gasteiger partial charge < -0.3 is 19.1 Å². The van der Waals surface area contributed by atoms with Crippen LogP contribution in [0.1, 0.15) is 11.5 Å². The average Bonchev–Trinajstić information content (AvgIpc) is 3.28. The summed E-state index contributed by atoms with van der Waals surface area (Å²) in [6, 6.07) is 11.2. The molecule has 0 atom stereocenters. The number of nitrogens with zero attached hydrogens (tertiary/aromatic N) is 1. The molecule has 0 aliphatic rings. The minimum Gasteiger partial charge on any atom is -0.463 e. The Morgan fingerprint density at radius 3 is 2.26 bits per heavy atom. The lowest BCUT2D eigenvalue weighted by Gasteiger charge is -2.17. The van der Waals surface area contributed by atoms with Crippen LogP contribution in [0.15, 0.2) is 63.8 Å². The van der Waals surface area contributed by atoms with Gasteiger partial charge in [0.25, 0.3) is 11.6 Å². The summed E-state index contributed by atoms with van der Waals surface area (Å²) in [5.41, 5.74) is -0.154. The van der Waals surface area contributed by atoms with Crippen LogP contribution in [0, 0.1) is 10.1 Å². The lowest BCUT2D eigenvalue weighted by Crippen LogP contribution is -3.10. The highest BCUT2D eigenvalue weighted by Gasteiger charge is 2.21. The molecule has 0 saturated heterocycles. The first-order valence-corrected chi connectivity index (χ1v) is 8.51. The number of nitro groups is 1. The van der Waals surface area contributed by atoms with Gasteiger partial charge in [0.15, 0.2) is 18.1 Å². The largest absolute Gasteiger partial charge is 0.463 e. The first-order chi connectivity index (χ1) is 13.0. The normalized spacial score (nSPS) is 10.9. The van der Waals surface area contributed by atoms with Crippen LogP contribution in [0.25, 0.3) is 0 Å². The number of halogens is 1. The standard InChI is InChI=1S/C18H16ClN3O5/c19-13-5-6-17(22(24)25)16(9-13)20-18(23)12-21(10-14-3-1-7-26-14)11-15-4-2-8-27-15/h1-9H,10-12H2,(H,20,23)/p+1. The summed E-state index contributed by atoms with van der Waals surface area (Å²) in [6.07, 6.45) is 3.13. The highest BCUT2D eigenvalue weighted by atomic mass is 35.5. The molecule has 1 amide bonds. The third kappa shape index (κ3) is 5.19. The fraction of sp³-hybridized carbons (Fsp3) is 0.167. The average molecular weight is 391 g/mol. The Labute approximate surface area is 159 Å². The van der Waals surface area contributed by atoms with Crippen molar-refractivity contribution in [1.29, 1.82) is 0 Å². The number of quaternary nitrogens is 1. The van der Waals surface area contributed by atoms with Crippen LogP contribution in [0.3, 0.4) is 0 Å². The van der Waals surface area contributed by atoms with Crippen LogP contribution < -0.4 is 10.2 Å². The van der Waals surface area contributed by atoms with E-state index in [1.807, 2.05) is 12.1 Å². The summed E-state index contributed by atoms with van der Waals surface area (Å²) in [5, 5.41) is 14.0. The van der Waals surface area contributed by atoms with Crippen molar-refractivity contribution < 1.29 is 23.5 Å². The molecule has 0 aliphatic carbocycles. The van der Waals surface area contributed by atoms with E-state index >= 15 is 0 Å². The minimum atomic E-state index is -0.567. The maximum Gasteiger partial charge on any atom is 0.292 e. The van der Waals surface area contributed by atoms with E-state index < -0.39 is 4.92 Å². The topological polar surface area (TPSA) is 103 Å². The maximum atomic E-state index is 12.5. The van der Waals surface area contributed by atoms with Crippen molar-refractivity contribution >= 4 is 28.9 Å². The number of anilines is 1. The fourth-order valence-electron chi connectivity index (χ4n) is 2.70. The van der Waals surface area contributed by atoms with E-state index in [1.54, 1.807) is 24.7 Å². The molecule has 140 valence electrons. The summed E-state index contributed by atoms with van der Waals surface area (Å²) >= 11 is 5.90. The van der Waals surface area contributed by atoms with E-state index in [4.69, 9.17) is 20.4 Å². The van der Waals surface area contributed by atoms with Crippen LogP contribution in [-0.4, -0.2) is 17.4 Å². The van der Waals surface area contributed by atoms with Crippen molar-refractivity contribution in [2.45, 2.75) is 13.1 Å². The fourth-order valence-corrected chi connectivity index (χ4v) is 2.87. The first-order valence-electron chi connectivity index (χ1n) is 8.13. The van der Waals surface area contributed by atoms with Gasteiger partial charge in [0, 0.05) is 11.1 Å². The number of carbonyl (C=O) groups excluding carboxylic acids is 1. The van der Waals surface area contributed by atoms with Gasteiger partial charge in [0.2, 0.25) is 0 Å². The number of hydrogen-bond acceptors (Lipinski definition) is 5. The molecule has 0 radical (unpaired) electrons. The summed E-state index contributed by atoms with van der Waals surface area (Å²) in [6.45, 7) is 0.975. The van der Waals surface area contributed by atoms with Crippen molar-refractivity contribution in [3.05, 3.63) is 81.6 Å². The van der Waals surface area contributed by atoms with Crippen molar-refractivity contribution in [2.75, 3.05) is 11.9 Å². The predicted molar refractivity (Wildman–Crippen MR) is 97.4 cm³/mol. The van der Waals surface area contributed by atoms with Crippen LogP contribution in [0.5, 0.6) is 0 Å². The third-order valence-electron chi connectivity index (χ3n) is 3.85. The van der Waals surface area contributed by atoms with E-state index in [0.717, 1.165) is 16.4 Å². The maximum absolute atomic E-state index is 12.5. The zero-order valence-corrected chi connectivity index (χ0v) is 14.9. The molecular weight excluding hydrogens is 374 g/mol. The number of benzene rings is 1. The Hall–Kier alpha value is -3.10. The molecule has 9 heteroatoms. The summed E-state index contributed by atoms with van der Waals surface area (Å²) in [4.78, 5) is 23.9. The molecule has 3 rings (SSSR count). The third-order valence-corrected chi connectivity index (χ3v) is 4.08. The van der Waals surface area contributed by atoms with Gasteiger partial charge in [-0.1, -0.05) is 11.6 Å². The number of rotatable bonds is 8. The van der Waals surface area contributed by atoms with Gasteiger partial charge in [-0.05, 0) is 36.4 Å². The number of nitrogens with one attached hydrogen (secondary N) is 2. The van der Waals surface area contributed by atoms with Crippen LogP contribution in [0.4, 0.5) is 11.4 Å². The van der Waals surface area contributed by atoms with Crippen molar-refractivity contribution in [3.8, 4) is 0 Å². The van der Waals surface area contributed by atoms with Gasteiger partial charge in [-0.15, -0.1) is 0 Å². The zero-order valence-electron chi connectivity index (χ0n) is 14.2. The van der Waals surface area contributed by atoms with Crippen LogP contribution >= 0.6 is 11.6 Å². The van der Waals surface area contributed by atoms with Gasteiger partial charge in [-0.3, -0.25) is 14.9 Å². The Morgan fingerprint density at radius 1 is 1.11 bits per heavy atom. The molecule has 0 spiro atoms. The van der Waals surface area contributed by atoms with Gasteiger partial charge in [0.1, 0.15) is 18.8 Å². The van der Waals surface area contributed by atoms with Crippen molar-refractivity contribution in [2.24, 2.45) is 0 Å². The van der Waals surface area contributed by atoms with E-state index in [0.29, 0.717) is 18.1 Å². The van der Waals surface area contributed by atoms with E-state index in [-0.39, 0.29) is 23.8 Å². The van der Waals surface area contributed by atoms with Gasteiger partial charge >= 0.3 is 0 Å². The molecule has 0 unspecified atom stereocenters. The van der Waals surface area contributed by atoms with Crippen LogP contribution in [0.2, 0.25) is 5.02 Å². The monoisotopic (exact) mass is 390 g/mol. The summed E-state index contributed by atoms with van der Waals surface area (Å²) in [7, 11) is 0. The lowest BCUT2D eigenvalue weighted by molar-refractivity contribution is -0.921. The Bertz CT molecular complexity index is 873. The van der Waals surface area contributed by atoms with Gasteiger partial charge in [0.05, 0.1) is 17.4 Å². The molecule has 2 N–H and O–H groups in total. The number of hydrogen-bond donors (Lipinski definition) is 2. The van der Waals surface area contributed by atoms with Crippen molar-refractivity contribution in [1.82, 2.24) is 0 Å². The molecular formula is C18H17ClN3O5+. The van der Waals surface area contributed by atoms with E-state index in [1.165, 1.54) is 18.2 Å². The number of nitro benzene ring substituents is 1. The number of carbonyl (C=O) groups is 1. The zero-order chi connectivity index (χ0) is 19.2. The molecule has 0 aliphatic heterocycles. The summed E-state index contributed by atoms with van der Waals surface area (Å²) in [5.74, 6) is 1.06. The SMILES string of the molecule is O=C(C[NH+](Cc1ccco1)Cc1ccco1)Nc1cc(Cl)ccc1[N+](=O)[O-]. The quantitative estimate of drug-likeness (QED) is 0.454. The highest BCUT2D eigenvalue weighted by molar-refractivity contribution is 6.31. The Morgan fingerprint density at radius 2 is 1.74 bits per heavy atom. The Balaban J connectivity index is 1.72. The van der Waals surface area contributed by atoms with E-state index in [9.17, 15) is 14.9 Å². The van der Waals surface area contributed by atoms with Gasteiger partial charge in [-0.25, -0.2) is 0 Å². The molecule has 27 heavy (non-hydrogen) atoms.